The van der Waals surface area contributed by atoms with Crippen molar-refractivity contribution >= 4 is 46.8 Å². The molecule has 1 aromatic heterocycles. The number of nitrogens with one attached hydrogen (secondary N) is 6. The molecule has 3 aromatic rings. The van der Waals surface area contributed by atoms with E-state index in [9.17, 15) is 49.1 Å². The Bertz CT molecular complexity index is 1770. The maximum Gasteiger partial charge on any atom is 0.310 e. The SMILES string of the molecule is C[C@H](NC(=O)CNC(=O)c1ccccc1N)C(=O)N[C@H](C(=O)N[C@@H](Cc1cnc[nH]1)C(=O)N[C@@H](Cc1ccc(O)c([N+](=O)[O-])c1)C(N)=O)[C@@H](C)O. The number of carbonyl (C=O) groups excluding carboxylic acids is 6. The number of nitrogens with two attached hydrogens (primary N) is 2. The number of aliphatic hydroxyl groups is 1. The summed E-state index contributed by atoms with van der Waals surface area (Å²) >= 11 is 0. The minimum absolute atomic E-state index is 0.148. The minimum atomic E-state index is -1.64. The molecule has 0 radical (unpaired) electrons. The Morgan fingerprint density at radius 1 is 0.941 bits per heavy atom. The minimum Gasteiger partial charge on any atom is -0.502 e. The van der Waals surface area contributed by atoms with Crippen molar-refractivity contribution in [2.75, 3.05) is 12.3 Å². The number of aliphatic hydroxyl groups excluding tert-OH is 1. The monoisotopic (exact) mass is 710 g/mol. The highest BCUT2D eigenvalue weighted by molar-refractivity contribution is 6.01. The summed E-state index contributed by atoms with van der Waals surface area (Å²) in [6.07, 6.45) is 0.649. The van der Waals surface area contributed by atoms with Gasteiger partial charge in [-0.15, -0.1) is 0 Å². The Hall–Kier alpha value is -6.57. The van der Waals surface area contributed by atoms with E-state index in [0.717, 1.165) is 12.1 Å². The van der Waals surface area contributed by atoms with Gasteiger partial charge in [-0.1, -0.05) is 18.2 Å². The number of phenolic OH excluding ortho intramolecular Hbond substituents is 1. The van der Waals surface area contributed by atoms with Crippen molar-refractivity contribution in [2.45, 2.75) is 57.0 Å². The molecule has 3 rings (SSSR count). The Balaban J connectivity index is 1.67. The molecular formula is C31H38N10O10. The number of nitro groups is 1. The van der Waals surface area contributed by atoms with Gasteiger partial charge in [-0.25, -0.2) is 4.98 Å². The zero-order chi connectivity index (χ0) is 37.8. The molecule has 272 valence electrons. The van der Waals surface area contributed by atoms with E-state index in [1.54, 1.807) is 12.1 Å². The van der Waals surface area contributed by atoms with Gasteiger partial charge in [-0.3, -0.25) is 38.9 Å². The van der Waals surface area contributed by atoms with E-state index in [-0.39, 0.29) is 29.7 Å². The van der Waals surface area contributed by atoms with Gasteiger partial charge in [0.25, 0.3) is 5.91 Å². The third-order valence-electron chi connectivity index (χ3n) is 7.40. The van der Waals surface area contributed by atoms with Crippen molar-refractivity contribution < 1.29 is 43.9 Å². The smallest absolute Gasteiger partial charge is 0.310 e. The standard InChI is InChI=1S/C31H38N10O10/c1-15(37-25(44)13-35-29(47)19-5-3-4-6-20(19)32)28(46)40-26(16(2)42)31(49)39-22(11-18-12-34-14-36-18)30(48)38-21(27(33)45)9-17-7-8-24(43)23(10-17)41(50)51/h3-8,10,12,14-16,21-22,26,42-43H,9,11,13,32H2,1-2H3,(H2,33,45)(H,34,36)(H,35,47)(H,37,44)(H,38,48)(H,39,49)(H,40,46)/t15-,16+,21-,22-,26-/m0/s1. The van der Waals surface area contributed by atoms with Gasteiger partial charge < -0.3 is 53.2 Å². The van der Waals surface area contributed by atoms with Gasteiger partial charge in [0.2, 0.25) is 29.5 Å². The lowest BCUT2D eigenvalue weighted by Crippen LogP contribution is -2.61. The zero-order valence-corrected chi connectivity index (χ0v) is 27.4. The van der Waals surface area contributed by atoms with Crippen molar-refractivity contribution in [3.05, 3.63) is 81.9 Å². The molecule has 5 atom stereocenters. The van der Waals surface area contributed by atoms with E-state index in [1.165, 1.54) is 44.6 Å². The molecule has 0 spiro atoms. The summed E-state index contributed by atoms with van der Waals surface area (Å²) in [6.45, 7) is 1.98. The highest BCUT2D eigenvalue weighted by Gasteiger charge is 2.33. The quantitative estimate of drug-likeness (QED) is 0.0400. The summed E-state index contributed by atoms with van der Waals surface area (Å²) in [7, 11) is 0. The number of carbonyl (C=O) groups is 6. The number of nitro benzene ring substituents is 1. The molecule has 20 heteroatoms. The average molecular weight is 711 g/mol. The molecule has 1 heterocycles. The van der Waals surface area contributed by atoms with E-state index in [0.29, 0.717) is 5.69 Å². The van der Waals surface area contributed by atoms with Crippen molar-refractivity contribution in [3.8, 4) is 5.75 Å². The van der Waals surface area contributed by atoms with Crippen LogP contribution in [-0.2, 0) is 36.8 Å². The Morgan fingerprint density at radius 2 is 1.63 bits per heavy atom. The lowest BCUT2D eigenvalue weighted by atomic mass is 10.0. The molecule has 0 fully saturated rings. The summed E-state index contributed by atoms with van der Waals surface area (Å²) < 4.78 is 0. The number of benzene rings is 2. The van der Waals surface area contributed by atoms with E-state index >= 15 is 0 Å². The van der Waals surface area contributed by atoms with Gasteiger partial charge in [-0.2, -0.15) is 0 Å². The zero-order valence-electron chi connectivity index (χ0n) is 27.4. The Labute approximate surface area is 289 Å². The molecule has 20 nitrogen and oxygen atoms in total. The van der Waals surface area contributed by atoms with Crippen LogP contribution in [0.3, 0.4) is 0 Å². The number of aromatic amines is 1. The van der Waals surface area contributed by atoms with E-state index in [2.05, 4.69) is 36.6 Å². The molecule has 0 aliphatic carbocycles. The number of nitrogen functional groups attached to an aromatic ring is 1. The molecule has 0 saturated heterocycles. The summed E-state index contributed by atoms with van der Waals surface area (Å²) in [5, 5.41) is 43.2. The van der Waals surface area contributed by atoms with Crippen molar-refractivity contribution in [1.29, 1.82) is 0 Å². The molecule has 0 unspecified atom stereocenters. The number of aromatic nitrogens is 2. The van der Waals surface area contributed by atoms with Gasteiger partial charge >= 0.3 is 5.69 Å². The van der Waals surface area contributed by atoms with Crippen LogP contribution in [0.2, 0.25) is 0 Å². The van der Waals surface area contributed by atoms with Crippen LogP contribution < -0.4 is 38.1 Å². The molecule has 0 saturated carbocycles. The highest BCUT2D eigenvalue weighted by atomic mass is 16.6. The molecular weight excluding hydrogens is 672 g/mol. The molecule has 12 N–H and O–H groups in total. The predicted molar refractivity (Wildman–Crippen MR) is 178 cm³/mol. The molecule has 2 aromatic carbocycles. The number of imidazole rings is 1. The first-order valence-corrected chi connectivity index (χ1v) is 15.3. The second kappa shape index (κ2) is 17.7. The van der Waals surface area contributed by atoms with E-state index in [4.69, 9.17) is 11.5 Å². The number of anilines is 1. The van der Waals surface area contributed by atoms with E-state index < -0.39 is 88.6 Å². The fourth-order valence-electron chi connectivity index (χ4n) is 4.66. The first kappa shape index (κ1) is 38.9. The molecule has 51 heavy (non-hydrogen) atoms. The van der Waals surface area contributed by atoms with Crippen LogP contribution in [0.15, 0.2) is 55.0 Å². The van der Waals surface area contributed by atoms with Gasteiger partial charge in [0.1, 0.15) is 24.2 Å². The van der Waals surface area contributed by atoms with Crippen LogP contribution in [0.1, 0.15) is 35.5 Å². The first-order chi connectivity index (χ1) is 24.1. The van der Waals surface area contributed by atoms with Crippen molar-refractivity contribution in [2.24, 2.45) is 5.73 Å². The number of rotatable bonds is 17. The van der Waals surface area contributed by atoms with Crippen LogP contribution in [-0.4, -0.2) is 97.4 Å². The fraction of sp³-hybridized carbons (Fsp3) is 0.323. The summed E-state index contributed by atoms with van der Waals surface area (Å²) in [6, 6.07) is 3.80. The Kier molecular flexibility index (Phi) is 13.5. The van der Waals surface area contributed by atoms with Crippen LogP contribution >= 0.6 is 0 Å². The number of phenols is 1. The summed E-state index contributed by atoms with van der Waals surface area (Å²) in [5.74, 6) is -5.83. The topological polar surface area (TPSA) is 327 Å². The van der Waals surface area contributed by atoms with Gasteiger partial charge in [0.15, 0.2) is 5.75 Å². The first-order valence-electron chi connectivity index (χ1n) is 15.3. The number of nitrogens with zero attached hydrogens (tertiary/aromatic N) is 2. The van der Waals surface area contributed by atoms with Crippen LogP contribution in [0, 0.1) is 10.1 Å². The number of aromatic hydroxyl groups is 1. The van der Waals surface area contributed by atoms with Crippen LogP contribution in [0.4, 0.5) is 11.4 Å². The number of hydrogen-bond acceptors (Lipinski definition) is 12. The lowest BCUT2D eigenvalue weighted by molar-refractivity contribution is -0.385. The fourth-order valence-corrected chi connectivity index (χ4v) is 4.66. The van der Waals surface area contributed by atoms with Gasteiger partial charge in [0, 0.05) is 36.5 Å². The van der Waals surface area contributed by atoms with E-state index in [1.807, 2.05) is 0 Å². The summed E-state index contributed by atoms with van der Waals surface area (Å²) in [5.41, 5.74) is 11.5. The van der Waals surface area contributed by atoms with Gasteiger partial charge in [-0.05, 0) is 37.6 Å². The number of H-pyrrole nitrogens is 1. The lowest BCUT2D eigenvalue weighted by Gasteiger charge is -2.26. The molecule has 0 aliphatic rings. The molecule has 6 amide bonds. The van der Waals surface area contributed by atoms with Crippen molar-refractivity contribution in [1.82, 2.24) is 36.6 Å². The maximum atomic E-state index is 13.5. The largest absolute Gasteiger partial charge is 0.502 e. The summed E-state index contributed by atoms with van der Waals surface area (Å²) in [4.78, 5) is 93.8. The highest BCUT2D eigenvalue weighted by Crippen LogP contribution is 2.26. The van der Waals surface area contributed by atoms with Crippen LogP contribution in [0.25, 0.3) is 0 Å². The number of amides is 6. The normalized spacial score (nSPS) is 13.7. The predicted octanol–water partition coefficient (Wildman–Crippen LogP) is -2.35. The van der Waals surface area contributed by atoms with Crippen molar-refractivity contribution in [3.63, 3.8) is 0 Å². The molecule has 0 aliphatic heterocycles. The maximum absolute atomic E-state index is 13.5. The second-order valence-electron chi connectivity index (χ2n) is 11.4. The third-order valence-corrected chi connectivity index (χ3v) is 7.40. The van der Waals surface area contributed by atoms with Gasteiger partial charge in [0.05, 0.1) is 29.5 Å². The molecule has 0 bridgehead atoms. The Morgan fingerprint density at radius 3 is 2.24 bits per heavy atom. The number of hydrogen-bond donors (Lipinski definition) is 10. The number of primary amides is 1. The van der Waals surface area contributed by atoms with Crippen LogP contribution in [0.5, 0.6) is 5.75 Å². The average Bonchev–Trinajstić information content (AvgIpc) is 3.59. The number of para-hydroxylation sites is 1. The third kappa shape index (κ3) is 11.2. The second-order valence-corrected chi connectivity index (χ2v) is 11.4.